The monoisotopic (exact) mass is 440 g/mol. The van der Waals surface area contributed by atoms with Crippen LogP contribution in [-0.4, -0.2) is 12.1 Å². The number of amides is 1. The zero-order valence-electron chi connectivity index (χ0n) is 16.8. The summed E-state index contributed by atoms with van der Waals surface area (Å²) in [6.45, 7) is 4.36. The van der Waals surface area contributed by atoms with Crippen LogP contribution in [0.25, 0.3) is 0 Å². The fourth-order valence-corrected chi connectivity index (χ4v) is 3.38. The van der Waals surface area contributed by atoms with Crippen LogP contribution in [0.5, 0.6) is 5.75 Å². The average Bonchev–Trinajstić information content (AvgIpc) is 2.70. The van der Waals surface area contributed by atoms with Gasteiger partial charge in [-0.25, -0.2) is 5.43 Å². The van der Waals surface area contributed by atoms with Gasteiger partial charge in [0.05, 0.1) is 12.6 Å². The van der Waals surface area contributed by atoms with Gasteiger partial charge in [0.2, 0.25) is 5.91 Å². The number of hydrogen-bond acceptors (Lipinski definition) is 3. The van der Waals surface area contributed by atoms with Crippen LogP contribution in [0.1, 0.15) is 27.8 Å². The van der Waals surface area contributed by atoms with E-state index in [0.29, 0.717) is 22.4 Å². The Hall–Kier alpha value is -2.82. The molecule has 0 aliphatic carbocycles. The zero-order valence-corrected chi connectivity index (χ0v) is 18.3. The molecule has 0 bridgehead atoms. The number of halogens is 2. The van der Waals surface area contributed by atoms with Crippen LogP contribution in [0.15, 0.2) is 65.8 Å². The molecule has 0 aromatic heterocycles. The molecule has 3 rings (SSSR count). The second-order valence-electron chi connectivity index (χ2n) is 7.00. The van der Waals surface area contributed by atoms with Crippen molar-refractivity contribution in [2.75, 3.05) is 0 Å². The molecule has 0 aliphatic heterocycles. The van der Waals surface area contributed by atoms with Crippen molar-refractivity contribution >= 4 is 35.3 Å². The minimum atomic E-state index is -0.164. The summed E-state index contributed by atoms with van der Waals surface area (Å²) in [6, 6.07) is 18.8. The number of carbonyl (C=O) groups is 1. The topological polar surface area (TPSA) is 50.7 Å². The van der Waals surface area contributed by atoms with E-state index in [4.69, 9.17) is 27.9 Å². The van der Waals surface area contributed by atoms with Gasteiger partial charge in [0.15, 0.2) is 0 Å². The molecular weight excluding hydrogens is 419 g/mol. The first kappa shape index (κ1) is 21.9. The molecule has 0 saturated heterocycles. The standard InChI is InChI=1S/C24H22Cl2N2O2/c1-16-6-7-19(17(2)10-16)12-24(29)28-27-14-18-4-3-5-22(11-18)30-15-20-8-9-21(25)13-23(20)26/h3-11,13-14H,12,15H2,1-2H3,(H,28,29)/b27-14+. The molecule has 1 amide bonds. The molecule has 3 aromatic carbocycles. The van der Waals surface area contributed by atoms with E-state index in [2.05, 4.69) is 16.6 Å². The molecular formula is C24H22Cl2N2O2. The van der Waals surface area contributed by atoms with Gasteiger partial charge in [0.25, 0.3) is 0 Å². The van der Waals surface area contributed by atoms with Crippen LogP contribution in [0, 0.1) is 13.8 Å². The van der Waals surface area contributed by atoms with E-state index in [1.807, 2.05) is 56.3 Å². The first-order valence-electron chi connectivity index (χ1n) is 9.45. The third-order valence-electron chi connectivity index (χ3n) is 4.52. The first-order chi connectivity index (χ1) is 14.4. The van der Waals surface area contributed by atoms with Crippen molar-refractivity contribution in [3.05, 3.63) is 98.5 Å². The lowest BCUT2D eigenvalue weighted by atomic mass is 10.0. The molecule has 0 fully saturated rings. The summed E-state index contributed by atoms with van der Waals surface area (Å²) in [7, 11) is 0. The van der Waals surface area contributed by atoms with Gasteiger partial charge in [-0.2, -0.15) is 5.10 Å². The van der Waals surface area contributed by atoms with Gasteiger partial charge in [-0.3, -0.25) is 4.79 Å². The summed E-state index contributed by atoms with van der Waals surface area (Å²) in [5.74, 6) is 0.509. The Morgan fingerprint density at radius 3 is 2.60 bits per heavy atom. The Labute approximate surface area is 186 Å². The van der Waals surface area contributed by atoms with E-state index < -0.39 is 0 Å². The molecule has 0 unspecified atom stereocenters. The summed E-state index contributed by atoms with van der Waals surface area (Å²) in [6.07, 6.45) is 1.87. The quantitative estimate of drug-likeness (QED) is 0.368. The number of hydrogen-bond donors (Lipinski definition) is 1. The maximum absolute atomic E-state index is 12.2. The summed E-state index contributed by atoms with van der Waals surface area (Å²) in [5, 5.41) is 5.20. The minimum Gasteiger partial charge on any atom is -0.489 e. The van der Waals surface area contributed by atoms with E-state index in [-0.39, 0.29) is 12.3 Å². The highest BCUT2D eigenvalue weighted by atomic mass is 35.5. The average molecular weight is 441 g/mol. The number of carbonyl (C=O) groups excluding carboxylic acids is 1. The van der Waals surface area contributed by atoms with E-state index in [0.717, 1.165) is 22.3 Å². The molecule has 30 heavy (non-hydrogen) atoms. The van der Waals surface area contributed by atoms with E-state index >= 15 is 0 Å². The number of ether oxygens (including phenoxy) is 1. The smallest absolute Gasteiger partial charge is 0.244 e. The highest BCUT2D eigenvalue weighted by Crippen LogP contribution is 2.23. The van der Waals surface area contributed by atoms with Crippen LogP contribution >= 0.6 is 23.2 Å². The number of nitrogens with one attached hydrogen (secondary N) is 1. The van der Waals surface area contributed by atoms with Crippen LogP contribution in [0.3, 0.4) is 0 Å². The fourth-order valence-electron chi connectivity index (χ4n) is 2.92. The lowest BCUT2D eigenvalue weighted by Gasteiger charge is -2.08. The summed E-state index contributed by atoms with van der Waals surface area (Å²) in [5.41, 5.74) is 7.49. The summed E-state index contributed by atoms with van der Waals surface area (Å²) >= 11 is 12.1. The number of rotatable bonds is 7. The Bertz CT molecular complexity index is 1080. The van der Waals surface area contributed by atoms with Crippen LogP contribution < -0.4 is 10.2 Å². The predicted molar refractivity (Wildman–Crippen MR) is 123 cm³/mol. The summed E-state index contributed by atoms with van der Waals surface area (Å²) < 4.78 is 5.81. The van der Waals surface area contributed by atoms with Crippen LogP contribution in [0.4, 0.5) is 0 Å². The molecule has 3 aromatic rings. The summed E-state index contributed by atoms with van der Waals surface area (Å²) in [4.78, 5) is 12.2. The molecule has 0 atom stereocenters. The molecule has 1 N–H and O–H groups in total. The molecule has 6 heteroatoms. The first-order valence-corrected chi connectivity index (χ1v) is 10.2. The zero-order chi connectivity index (χ0) is 21.5. The lowest BCUT2D eigenvalue weighted by Crippen LogP contribution is -2.20. The maximum Gasteiger partial charge on any atom is 0.244 e. The molecule has 0 saturated carbocycles. The van der Waals surface area contributed by atoms with Crippen molar-refractivity contribution < 1.29 is 9.53 Å². The van der Waals surface area contributed by atoms with Crippen molar-refractivity contribution in [3.63, 3.8) is 0 Å². The van der Waals surface area contributed by atoms with Gasteiger partial charge >= 0.3 is 0 Å². The SMILES string of the molecule is Cc1ccc(CC(=O)N/N=C/c2cccc(OCc3ccc(Cl)cc3Cl)c2)c(C)c1. The largest absolute Gasteiger partial charge is 0.489 e. The molecule has 0 spiro atoms. The highest BCUT2D eigenvalue weighted by Gasteiger charge is 2.06. The molecule has 4 nitrogen and oxygen atoms in total. The van der Waals surface area contributed by atoms with Crippen molar-refractivity contribution in [1.29, 1.82) is 0 Å². The Kier molecular flexibility index (Phi) is 7.50. The number of hydrazone groups is 1. The highest BCUT2D eigenvalue weighted by molar-refractivity contribution is 6.35. The predicted octanol–water partition coefficient (Wildman–Crippen LogP) is 5.88. The minimum absolute atomic E-state index is 0.164. The van der Waals surface area contributed by atoms with Gasteiger partial charge in [-0.15, -0.1) is 0 Å². The molecule has 0 radical (unpaired) electrons. The van der Waals surface area contributed by atoms with Crippen LogP contribution in [0.2, 0.25) is 10.0 Å². The van der Waals surface area contributed by atoms with Crippen molar-refractivity contribution in [2.24, 2.45) is 5.10 Å². The normalized spacial score (nSPS) is 10.9. The Morgan fingerprint density at radius 2 is 1.83 bits per heavy atom. The number of nitrogens with zero attached hydrogens (tertiary/aromatic N) is 1. The molecule has 0 heterocycles. The van der Waals surface area contributed by atoms with Crippen molar-refractivity contribution in [2.45, 2.75) is 26.9 Å². The van der Waals surface area contributed by atoms with Gasteiger partial charge in [-0.1, -0.05) is 65.2 Å². The van der Waals surface area contributed by atoms with Crippen LogP contribution in [-0.2, 0) is 17.8 Å². The molecule has 154 valence electrons. The second kappa shape index (κ2) is 10.3. The van der Waals surface area contributed by atoms with E-state index in [9.17, 15) is 4.79 Å². The van der Waals surface area contributed by atoms with Gasteiger partial charge in [0, 0.05) is 15.6 Å². The lowest BCUT2D eigenvalue weighted by molar-refractivity contribution is -0.120. The fraction of sp³-hybridized carbons (Fsp3) is 0.167. The third kappa shape index (κ3) is 6.34. The van der Waals surface area contributed by atoms with Gasteiger partial charge in [0.1, 0.15) is 12.4 Å². The second-order valence-corrected chi connectivity index (χ2v) is 7.84. The Morgan fingerprint density at radius 1 is 1.03 bits per heavy atom. The number of benzene rings is 3. The van der Waals surface area contributed by atoms with E-state index in [1.54, 1.807) is 18.3 Å². The number of aryl methyl sites for hydroxylation is 2. The van der Waals surface area contributed by atoms with Gasteiger partial charge < -0.3 is 4.74 Å². The molecule has 0 aliphatic rings. The third-order valence-corrected chi connectivity index (χ3v) is 5.11. The van der Waals surface area contributed by atoms with Crippen molar-refractivity contribution in [1.82, 2.24) is 5.43 Å². The van der Waals surface area contributed by atoms with Crippen molar-refractivity contribution in [3.8, 4) is 5.75 Å². The maximum atomic E-state index is 12.2. The Balaban J connectivity index is 1.55. The van der Waals surface area contributed by atoms with E-state index in [1.165, 1.54) is 5.56 Å². The van der Waals surface area contributed by atoms with Gasteiger partial charge in [-0.05, 0) is 54.8 Å².